The van der Waals surface area contributed by atoms with Crippen molar-refractivity contribution in [1.29, 1.82) is 0 Å². The second-order valence-electron chi connectivity index (χ2n) is 8.80. The lowest BCUT2D eigenvalue weighted by Gasteiger charge is -2.26. The van der Waals surface area contributed by atoms with Crippen LogP contribution in [0.3, 0.4) is 0 Å². The van der Waals surface area contributed by atoms with Gasteiger partial charge in [0.2, 0.25) is 0 Å². The van der Waals surface area contributed by atoms with E-state index in [1.165, 1.54) is 0 Å². The summed E-state index contributed by atoms with van der Waals surface area (Å²) in [5, 5.41) is 12.1. The second kappa shape index (κ2) is 10.9. The number of para-hydroxylation sites is 1. The molecular weight excluding hydrogens is 438 g/mol. The molecular formula is C28H31N5O2. The first-order chi connectivity index (χ1) is 17.0. The number of aryl methyl sites for hydroxylation is 1. The Morgan fingerprint density at radius 2 is 1.57 bits per heavy atom. The smallest absolute Gasteiger partial charge is 0.315 e. The molecule has 7 nitrogen and oxygen atoms in total. The molecule has 0 unspecified atom stereocenters. The van der Waals surface area contributed by atoms with E-state index in [4.69, 9.17) is 0 Å². The van der Waals surface area contributed by atoms with Gasteiger partial charge in [0.1, 0.15) is 11.4 Å². The highest BCUT2D eigenvalue weighted by Gasteiger charge is 2.25. The van der Waals surface area contributed by atoms with Crippen molar-refractivity contribution in [1.82, 2.24) is 9.55 Å². The average molecular weight is 470 g/mol. The van der Waals surface area contributed by atoms with Crippen LogP contribution in [-0.4, -0.2) is 35.1 Å². The van der Waals surface area contributed by atoms with E-state index in [9.17, 15) is 10.1 Å². The molecule has 1 heterocycles. The predicted molar refractivity (Wildman–Crippen MR) is 142 cm³/mol. The zero-order valence-electron chi connectivity index (χ0n) is 20.5. The monoisotopic (exact) mass is 469 g/mol. The minimum atomic E-state index is -0.269. The minimum Gasteiger partial charge on any atom is -0.372 e. The van der Waals surface area contributed by atoms with E-state index in [-0.39, 0.29) is 10.6 Å². The number of nitro benzene ring substituents is 1. The Labute approximate surface area is 206 Å². The van der Waals surface area contributed by atoms with Gasteiger partial charge in [0, 0.05) is 45.0 Å². The van der Waals surface area contributed by atoms with Crippen molar-refractivity contribution < 1.29 is 4.92 Å². The first-order valence-electron chi connectivity index (χ1n) is 11.8. The molecule has 4 rings (SSSR count). The zero-order valence-corrected chi connectivity index (χ0v) is 20.5. The molecule has 4 aromatic rings. The maximum Gasteiger partial charge on any atom is 0.315 e. The highest BCUT2D eigenvalue weighted by atomic mass is 16.6. The molecule has 0 aliphatic heterocycles. The molecule has 0 spiro atoms. The second-order valence-corrected chi connectivity index (χ2v) is 8.80. The Morgan fingerprint density at radius 1 is 0.914 bits per heavy atom. The molecule has 1 aromatic heterocycles. The summed E-state index contributed by atoms with van der Waals surface area (Å²) in [5.41, 5.74) is 5.69. The van der Waals surface area contributed by atoms with Crippen LogP contribution >= 0.6 is 0 Å². The number of aromatic nitrogens is 2. The highest BCUT2D eigenvalue weighted by Crippen LogP contribution is 2.37. The lowest BCUT2D eigenvalue weighted by atomic mass is 10.1. The number of nitrogens with zero attached hydrogens (tertiary/aromatic N) is 5. The molecule has 0 aliphatic carbocycles. The molecule has 3 aromatic carbocycles. The fraction of sp³-hybridized carbons (Fsp3) is 0.250. The zero-order chi connectivity index (χ0) is 24.8. The third kappa shape index (κ3) is 5.51. The van der Waals surface area contributed by atoms with E-state index < -0.39 is 0 Å². The summed E-state index contributed by atoms with van der Waals surface area (Å²) in [6.45, 7) is 4.13. The largest absolute Gasteiger partial charge is 0.372 e. The first kappa shape index (κ1) is 24.0. The summed E-state index contributed by atoms with van der Waals surface area (Å²) in [6.07, 6.45) is 2.70. The SMILES string of the molecule is Cc1c(-c2ccccc2)ncn1CCCN(Cc1ccccc1)c1cccc(N(C)C)c1[N+](=O)[O-]. The van der Waals surface area contributed by atoms with Crippen LogP contribution in [0.5, 0.6) is 0 Å². The summed E-state index contributed by atoms with van der Waals surface area (Å²) in [6, 6.07) is 25.8. The van der Waals surface area contributed by atoms with Crippen LogP contribution in [0, 0.1) is 17.0 Å². The van der Waals surface area contributed by atoms with E-state index in [1.807, 2.05) is 69.0 Å². The van der Waals surface area contributed by atoms with Crippen molar-refractivity contribution in [3.05, 3.63) is 107 Å². The third-order valence-electron chi connectivity index (χ3n) is 6.19. The Kier molecular flexibility index (Phi) is 7.45. The van der Waals surface area contributed by atoms with E-state index in [0.29, 0.717) is 24.5 Å². The quantitative estimate of drug-likeness (QED) is 0.213. The number of hydrogen-bond acceptors (Lipinski definition) is 5. The molecule has 35 heavy (non-hydrogen) atoms. The maximum absolute atomic E-state index is 12.1. The fourth-order valence-electron chi connectivity index (χ4n) is 4.39. The Hall–Kier alpha value is -4.13. The van der Waals surface area contributed by atoms with Crippen molar-refractivity contribution in [2.24, 2.45) is 0 Å². The maximum atomic E-state index is 12.1. The van der Waals surface area contributed by atoms with Gasteiger partial charge in [0.05, 0.1) is 16.9 Å². The van der Waals surface area contributed by atoms with Crippen molar-refractivity contribution >= 4 is 17.1 Å². The number of benzene rings is 3. The van der Waals surface area contributed by atoms with Gasteiger partial charge in [-0.1, -0.05) is 66.7 Å². The molecule has 0 radical (unpaired) electrons. The van der Waals surface area contributed by atoms with E-state index >= 15 is 0 Å². The van der Waals surface area contributed by atoms with Gasteiger partial charge < -0.3 is 14.4 Å². The van der Waals surface area contributed by atoms with E-state index in [2.05, 4.69) is 45.6 Å². The summed E-state index contributed by atoms with van der Waals surface area (Å²) in [5.74, 6) is 0. The molecule has 180 valence electrons. The van der Waals surface area contributed by atoms with Crippen LogP contribution in [0.2, 0.25) is 0 Å². The number of imidazole rings is 1. The van der Waals surface area contributed by atoms with Crippen LogP contribution in [0.25, 0.3) is 11.3 Å². The van der Waals surface area contributed by atoms with Crippen LogP contribution in [0.1, 0.15) is 17.7 Å². The van der Waals surface area contributed by atoms with Gasteiger partial charge in [0.25, 0.3) is 0 Å². The van der Waals surface area contributed by atoms with Crippen LogP contribution in [0.4, 0.5) is 17.1 Å². The van der Waals surface area contributed by atoms with Gasteiger partial charge in [-0.3, -0.25) is 10.1 Å². The predicted octanol–water partition coefficient (Wildman–Crippen LogP) is 5.93. The summed E-state index contributed by atoms with van der Waals surface area (Å²) < 4.78 is 2.16. The number of nitro groups is 1. The van der Waals surface area contributed by atoms with E-state index in [1.54, 1.807) is 11.0 Å². The van der Waals surface area contributed by atoms with Crippen LogP contribution in [-0.2, 0) is 13.1 Å². The standard InChI is InChI=1S/C28H31N5O2/c1-22-27(24-14-8-5-9-15-24)29-21-32(22)19-11-18-31(20-23-12-6-4-7-13-23)26-17-10-16-25(30(2)3)28(26)33(34)35/h4-10,12-17,21H,11,18-20H2,1-3H3. The third-order valence-corrected chi connectivity index (χ3v) is 6.19. The molecule has 0 aliphatic rings. The van der Waals surface area contributed by atoms with Gasteiger partial charge >= 0.3 is 5.69 Å². The van der Waals surface area contributed by atoms with E-state index in [0.717, 1.165) is 35.5 Å². The molecule has 0 N–H and O–H groups in total. The van der Waals surface area contributed by atoms with Gasteiger partial charge in [-0.2, -0.15) is 0 Å². The number of hydrogen-bond donors (Lipinski definition) is 0. The molecule has 0 atom stereocenters. The molecule has 0 saturated carbocycles. The summed E-state index contributed by atoms with van der Waals surface area (Å²) >= 11 is 0. The van der Waals surface area contributed by atoms with Crippen molar-refractivity contribution in [2.45, 2.75) is 26.4 Å². The number of anilines is 2. The number of rotatable bonds is 10. The molecule has 0 fully saturated rings. The molecule has 7 heteroatoms. The van der Waals surface area contributed by atoms with Crippen LogP contribution in [0.15, 0.2) is 85.2 Å². The molecule has 0 saturated heterocycles. The summed E-state index contributed by atoms with van der Waals surface area (Å²) in [7, 11) is 3.67. The van der Waals surface area contributed by atoms with Gasteiger partial charge in [-0.05, 0) is 31.0 Å². The van der Waals surface area contributed by atoms with Gasteiger partial charge in [0.15, 0.2) is 0 Å². The fourth-order valence-corrected chi connectivity index (χ4v) is 4.39. The van der Waals surface area contributed by atoms with Crippen molar-refractivity contribution in [3.8, 4) is 11.3 Å². The van der Waals surface area contributed by atoms with Crippen molar-refractivity contribution in [3.63, 3.8) is 0 Å². The molecule has 0 bridgehead atoms. The topological polar surface area (TPSA) is 67.4 Å². The highest BCUT2D eigenvalue weighted by molar-refractivity contribution is 5.77. The first-order valence-corrected chi connectivity index (χ1v) is 11.8. The Balaban J connectivity index is 1.58. The average Bonchev–Trinajstić information content (AvgIpc) is 3.24. The van der Waals surface area contributed by atoms with Gasteiger partial charge in [-0.15, -0.1) is 0 Å². The molecule has 0 amide bonds. The Bertz CT molecular complexity index is 1270. The minimum absolute atomic E-state index is 0.138. The lowest BCUT2D eigenvalue weighted by molar-refractivity contribution is -0.383. The normalized spacial score (nSPS) is 10.8. The lowest BCUT2D eigenvalue weighted by Crippen LogP contribution is -2.26. The van der Waals surface area contributed by atoms with Crippen LogP contribution < -0.4 is 9.80 Å². The summed E-state index contributed by atoms with van der Waals surface area (Å²) in [4.78, 5) is 20.4. The van der Waals surface area contributed by atoms with Gasteiger partial charge in [-0.25, -0.2) is 4.98 Å². The van der Waals surface area contributed by atoms with Crippen molar-refractivity contribution in [2.75, 3.05) is 30.4 Å². The Morgan fingerprint density at radius 3 is 2.23 bits per heavy atom.